The SMILES string of the molecule is CCCC(CCCI)N=O. The van der Waals surface area contributed by atoms with Crippen molar-refractivity contribution in [3.8, 4) is 0 Å². The van der Waals surface area contributed by atoms with Crippen molar-refractivity contribution in [3.63, 3.8) is 0 Å². The average molecular weight is 255 g/mol. The maximum atomic E-state index is 10.1. The molecule has 0 aliphatic rings. The van der Waals surface area contributed by atoms with Crippen LogP contribution in [0.1, 0.15) is 32.6 Å². The molecule has 1 unspecified atom stereocenters. The first-order chi connectivity index (χ1) is 4.85. The second-order valence-corrected chi connectivity index (χ2v) is 3.46. The van der Waals surface area contributed by atoms with Crippen LogP contribution in [0.25, 0.3) is 0 Å². The molecule has 0 amide bonds. The largest absolute Gasteiger partial charge is 0.151 e. The van der Waals surface area contributed by atoms with Crippen molar-refractivity contribution in [3.05, 3.63) is 4.91 Å². The fourth-order valence-corrected chi connectivity index (χ4v) is 1.34. The quantitative estimate of drug-likeness (QED) is 0.407. The van der Waals surface area contributed by atoms with Crippen LogP contribution >= 0.6 is 22.6 Å². The highest BCUT2D eigenvalue weighted by atomic mass is 127. The Morgan fingerprint density at radius 2 is 2.20 bits per heavy atom. The van der Waals surface area contributed by atoms with Crippen molar-refractivity contribution in [2.45, 2.75) is 38.6 Å². The molecule has 0 aromatic heterocycles. The maximum absolute atomic E-state index is 10.1. The van der Waals surface area contributed by atoms with Gasteiger partial charge in [0.25, 0.3) is 0 Å². The van der Waals surface area contributed by atoms with E-state index in [9.17, 15) is 4.91 Å². The summed E-state index contributed by atoms with van der Waals surface area (Å²) in [6, 6.07) is 0.0831. The Labute approximate surface area is 75.9 Å². The fraction of sp³-hybridized carbons (Fsp3) is 1.00. The number of alkyl halides is 1. The highest BCUT2D eigenvalue weighted by molar-refractivity contribution is 14.1. The summed E-state index contributed by atoms with van der Waals surface area (Å²) in [6.07, 6.45) is 4.12. The lowest BCUT2D eigenvalue weighted by atomic mass is 10.1. The minimum atomic E-state index is 0.0831. The van der Waals surface area contributed by atoms with Crippen LogP contribution < -0.4 is 0 Å². The zero-order chi connectivity index (χ0) is 7.82. The monoisotopic (exact) mass is 255 g/mol. The molecule has 10 heavy (non-hydrogen) atoms. The van der Waals surface area contributed by atoms with E-state index in [1.165, 1.54) is 0 Å². The third-order valence-electron chi connectivity index (χ3n) is 1.44. The molecular formula is C7H14INO. The maximum Gasteiger partial charge on any atom is 0.0920 e. The van der Waals surface area contributed by atoms with Crippen LogP contribution in [-0.2, 0) is 0 Å². The van der Waals surface area contributed by atoms with Gasteiger partial charge in [0.1, 0.15) is 0 Å². The van der Waals surface area contributed by atoms with Crippen LogP contribution in [0.4, 0.5) is 0 Å². The van der Waals surface area contributed by atoms with E-state index in [1.54, 1.807) is 0 Å². The lowest BCUT2D eigenvalue weighted by Crippen LogP contribution is -2.02. The number of nitroso groups, excluding NO2 is 1. The predicted molar refractivity (Wildman–Crippen MR) is 52.6 cm³/mol. The van der Waals surface area contributed by atoms with Gasteiger partial charge >= 0.3 is 0 Å². The van der Waals surface area contributed by atoms with Gasteiger partial charge in [-0.25, -0.2) is 0 Å². The second kappa shape index (κ2) is 7.44. The molecule has 0 N–H and O–H groups in total. The van der Waals surface area contributed by atoms with Crippen molar-refractivity contribution < 1.29 is 0 Å². The summed E-state index contributed by atoms with van der Waals surface area (Å²) < 4.78 is 1.13. The van der Waals surface area contributed by atoms with Gasteiger partial charge in [0.05, 0.1) is 6.04 Å². The lowest BCUT2D eigenvalue weighted by Gasteiger charge is -2.04. The molecular weight excluding hydrogens is 241 g/mol. The first-order valence-corrected chi connectivity index (χ1v) is 5.26. The Kier molecular flexibility index (Phi) is 7.68. The lowest BCUT2D eigenvalue weighted by molar-refractivity contribution is 0.556. The predicted octanol–water partition coefficient (Wildman–Crippen LogP) is 3.14. The van der Waals surface area contributed by atoms with E-state index in [0.29, 0.717) is 0 Å². The van der Waals surface area contributed by atoms with Crippen LogP contribution in [0.3, 0.4) is 0 Å². The molecule has 3 heteroatoms. The van der Waals surface area contributed by atoms with Crippen LogP contribution in [-0.4, -0.2) is 10.5 Å². The van der Waals surface area contributed by atoms with Gasteiger partial charge in [-0.05, 0) is 23.7 Å². The van der Waals surface area contributed by atoms with E-state index in [0.717, 1.165) is 30.1 Å². The molecule has 0 heterocycles. The summed E-state index contributed by atoms with van der Waals surface area (Å²) in [5.74, 6) is 0. The van der Waals surface area contributed by atoms with Gasteiger partial charge in [-0.1, -0.05) is 41.1 Å². The Balaban J connectivity index is 3.29. The molecule has 60 valence electrons. The molecule has 0 spiro atoms. The molecule has 0 aromatic carbocycles. The molecule has 0 saturated carbocycles. The third-order valence-corrected chi connectivity index (χ3v) is 2.20. The molecule has 0 aliphatic carbocycles. The normalized spacial score (nSPS) is 13.0. The van der Waals surface area contributed by atoms with Gasteiger partial charge in [-0.2, -0.15) is 4.91 Å². The van der Waals surface area contributed by atoms with E-state index in [-0.39, 0.29) is 6.04 Å². The molecule has 0 aromatic rings. The van der Waals surface area contributed by atoms with Crippen molar-refractivity contribution in [2.75, 3.05) is 4.43 Å². The molecule has 2 nitrogen and oxygen atoms in total. The standard InChI is InChI=1S/C7H14INO/c1-2-4-7(9-10)5-3-6-8/h7H,2-6H2,1H3. The summed E-state index contributed by atoms with van der Waals surface area (Å²) in [5, 5.41) is 3.06. The summed E-state index contributed by atoms with van der Waals surface area (Å²) in [5.41, 5.74) is 0. The summed E-state index contributed by atoms with van der Waals surface area (Å²) >= 11 is 2.32. The van der Waals surface area contributed by atoms with E-state index in [4.69, 9.17) is 0 Å². The summed E-state index contributed by atoms with van der Waals surface area (Å²) in [4.78, 5) is 10.1. The number of halogens is 1. The van der Waals surface area contributed by atoms with Crippen LogP contribution in [0.15, 0.2) is 5.18 Å². The first kappa shape index (κ1) is 10.3. The van der Waals surface area contributed by atoms with Crippen LogP contribution in [0.5, 0.6) is 0 Å². The highest BCUT2D eigenvalue weighted by Gasteiger charge is 2.05. The minimum Gasteiger partial charge on any atom is -0.151 e. The van der Waals surface area contributed by atoms with E-state index in [1.807, 2.05) is 0 Å². The van der Waals surface area contributed by atoms with Crippen molar-refractivity contribution >= 4 is 22.6 Å². The molecule has 0 aliphatic heterocycles. The zero-order valence-corrected chi connectivity index (χ0v) is 8.50. The molecule has 0 saturated heterocycles. The smallest absolute Gasteiger partial charge is 0.0920 e. The molecule has 0 radical (unpaired) electrons. The van der Waals surface area contributed by atoms with Gasteiger partial charge < -0.3 is 0 Å². The minimum absolute atomic E-state index is 0.0831. The Morgan fingerprint density at radius 1 is 1.50 bits per heavy atom. The van der Waals surface area contributed by atoms with Gasteiger partial charge in [0.15, 0.2) is 0 Å². The van der Waals surface area contributed by atoms with Gasteiger partial charge in [-0.3, -0.25) is 0 Å². The number of rotatable bonds is 6. The van der Waals surface area contributed by atoms with Crippen molar-refractivity contribution in [2.24, 2.45) is 5.18 Å². The topological polar surface area (TPSA) is 29.4 Å². The Bertz CT molecular complexity index is 87.7. The van der Waals surface area contributed by atoms with Gasteiger partial charge in [0.2, 0.25) is 0 Å². The Hall–Kier alpha value is 0.330. The summed E-state index contributed by atoms with van der Waals surface area (Å²) in [6.45, 7) is 2.09. The third kappa shape index (κ3) is 5.14. The second-order valence-electron chi connectivity index (χ2n) is 2.38. The van der Waals surface area contributed by atoms with E-state index < -0.39 is 0 Å². The molecule has 0 rings (SSSR count). The van der Waals surface area contributed by atoms with Gasteiger partial charge in [0, 0.05) is 0 Å². The molecule has 1 atom stereocenters. The van der Waals surface area contributed by atoms with Crippen LogP contribution in [0.2, 0.25) is 0 Å². The first-order valence-electron chi connectivity index (χ1n) is 3.73. The zero-order valence-electron chi connectivity index (χ0n) is 6.35. The van der Waals surface area contributed by atoms with Gasteiger partial charge in [-0.15, -0.1) is 0 Å². The van der Waals surface area contributed by atoms with Crippen LogP contribution in [0, 0.1) is 4.91 Å². The fourth-order valence-electron chi connectivity index (χ4n) is 0.896. The molecule has 0 bridgehead atoms. The van der Waals surface area contributed by atoms with Crippen molar-refractivity contribution in [1.29, 1.82) is 0 Å². The highest BCUT2D eigenvalue weighted by Crippen LogP contribution is 2.09. The Morgan fingerprint density at radius 3 is 2.60 bits per heavy atom. The van der Waals surface area contributed by atoms with Crippen molar-refractivity contribution in [1.82, 2.24) is 0 Å². The number of nitrogens with zero attached hydrogens (tertiary/aromatic N) is 1. The average Bonchev–Trinajstić information content (AvgIpc) is 1.98. The summed E-state index contributed by atoms with van der Waals surface area (Å²) in [7, 11) is 0. The molecule has 0 fully saturated rings. The van der Waals surface area contributed by atoms with E-state index >= 15 is 0 Å². The number of hydrogen-bond acceptors (Lipinski definition) is 2. The van der Waals surface area contributed by atoms with E-state index in [2.05, 4.69) is 34.7 Å². The number of hydrogen-bond donors (Lipinski definition) is 0.